The molecule has 25 heavy (non-hydrogen) atoms. The predicted molar refractivity (Wildman–Crippen MR) is 98.6 cm³/mol. The number of carbonyl (C=O) groups is 2. The number of halogens is 1. The van der Waals surface area contributed by atoms with Crippen molar-refractivity contribution in [1.29, 1.82) is 0 Å². The molecule has 0 unspecified atom stereocenters. The molecule has 0 aromatic heterocycles. The van der Waals surface area contributed by atoms with E-state index in [-0.39, 0.29) is 25.0 Å². The van der Waals surface area contributed by atoms with E-state index in [0.717, 1.165) is 22.4 Å². The first-order chi connectivity index (χ1) is 11.8. The molecule has 130 valence electrons. The molecule has 0 atom stereocenters. The average Bonchev–Trinajstić information content (AvgIpc) is 2.51. The number of nitrogens with one attached hydrogen (secondary N) is 1. The summed E-state index contributed by atoms with van der Waals surface area (Å²) in [5, 5.41) is 3.35. The van der Waals surface area contributed by atoms with Crippen LogP contribution in [0.3, 0.4) is 0 Å². The van der Waals surface area contributed by atoms with Crippen LogP contribution in [0.25, 0.3) is 0 Å². The lowest BCUT2D eigenvalue weighted by atomic mass is 10.1. The number of benzene rings is 2. The first-order valence-electron chi connectivity index (χ1n) is 7.96. The van der Waals surface area contributed by atoms with Crippen LogP contribution in [0, 0.1) is 20.8 Å². The van der Waals surface area contributed by atoms with Crippen molar-refractivity contribution in [2.24, 2.45) is 0 Å². The zero-order valence-corrected chi connectivity index (χ0v) is 15.1. The summed E-state index contributed by atoms with van der Waals surface area (Å²) in [5.74, 6) is -0.149. The molecule has 6 heteroatoms. The zero-order chi connectivity index (χ0) is 18.1. The minimum absolute atomic E-state index is 0.0322. The smallest absolute Gasteiger partial charge is 0.331 e. The van der Waals surface area contributed by atoms with E-state index in [4.69, 9.17) is 16.3 Å². The molecular weight excluding hydrogens is 340 g/mol. The number of anilines is 2. The van der Waals surface area contributed by atoms with Gasteiger partial charge < -0.3 is 15.0 Å². The third-order valence-corrected chi connectivity index (χ3v) is 4.33. The number of hydrogen-bond donors (Lipinski definition) is 1. The highest BCUT2D eigenvalue weighted by molar-refractivity contribution is 6.34. The molecule has 1 aliphatic heterocycles. The monoisotopic (exact) mass is 358 g/mol. The highest BCUT2D eigenvalue weighted by Gasteiger charge is 2.26. The van der Waals surface area contributed by atoms with E-state index in [1.807, 2.05) is 39.0 Å². The summed E-state index contributed by atoms with van der Waals surface area (Å²) in [6, 6.07) is 9.28. The number of amides is 1. The van der Waals surface area contributed by atoms with Crippen LogP contribution in [0.2, 0.25) is 5.02 Å². The number of aryl methyl sites for hydroxylation is 3. The highest BCUT2D eigenvalue weighted by Crippen LogP contribution is 2.33. The van der Waals surface area contributed by atoms with E-state index < -0.39 is 0 Å². The van der Waals surface area contributed by atoms with Gasteiger partial charge in [0.2, 0.25) is 5.91 Å². The van der Waals surface area contributed by atoms with Crippen LogP contribution in [0.15, 0.2) is 30.3 Å². The van der Waals surface area contributed by atoms with Crippen LogP contribution < -0.4 is 15.0 Å². The molecule has 0 fully saturated rings. The topological polar surface area (TPSA) is 58.6 Å². The molecule has 3 rings (SSSR count). The second kappa shape index (κ2) is 6.76. The number of rotatable bonds is 3. The molecule has 0 aliphatic carbocycles. The lowest BCUT2D eigenvalue weighted by Crippen LogP contribution is -2.41. The van der Waals surface area contributed by atoms with E-state index in [1.165, 1.54) is 0 Å². The molecule has 1 N–H and O–H groups in total. The molecule has 1 heterocycles. The SMILES string of the molecule is Cc1cc(C)c(NC(=O)CN2CC(=O)Oc3ccc(C)cc32)c(Cl)c1. The van der Waals surface area contributed by atoms with Gasteiger partial charge in [0.15, 0.2) is 5.75 Å². The summed E-state index contributed by atoms with van der Waals surface area (Å²) in [7, 11) is 0. The Balaban J connectivity index is 1.80. The summed E-state index contributed by atoms with van der Waals surface area (Å²) in [6.45, 7) is 5.86. The van der Waals surface area contributed by atoms with Crippen LogP contribution in [0.1, 0.15) is 16.7 Å². The molecule has 1 aliphatic rings. The minimum Gasteiger partial charge on any atom is -0.423 e. The van der Waals surface area contributed by atoms with Crippen molar-refractivity contribution >= 4 is 34.9 Å². The summed E-state index contributed by atoms with van der Waals surface area (Å²) in [6.07, 6.45) is 0. The number of ether oxygens (including phenoxy) is 1. The van der Waals surface area contributed by atoms with Gasteiger partial charge in [0.1, 0.15) is 6.54 Å². The number of esters is 1. The molecule has 1 amide bonds. The van der Waals surface area contributed by atoms with Gasteiger partial charge in [-0.25, -0.2) is 4.79 Å². The Morgan fingerprint density at radius 2 is 1.96 bits per heavy atom. The lowest BCUT2D eigenvalue weighted by molar-refractivity contribution is -0.133. The lowest BCUT2D eigenvalue weighted by Gasteiger charge is -2.29. The summed E-state index contributed by atoms with van der Waals surface area (Å²) < 4.78 is 5.23. The van der Waals surface area contributed by atoms with E-state index in [9.17, 15) is 9.59 Å². The second-order valence-corrected chi connectivity index (χ2v) is 6.70. The number of fused-ring (bicyclic) bond motifs is 1. The van der Waals surface area contributed by atoms with Gasteiger partial charge in [-0.05, 0) is 55.7 Å². The summed E-state index contributed by atoms with van der Waals surface area (Å²) in [4.78, 5) is 26.0. The van der Waals surface area contributed by atoms with Gasteiger partial charge in [-0.1, -0.05) is 23.7 Å². The Bertz CT molecular complexity index is 841. The maximum Gasteiger partial charge on any atom is 0.331 e. The Morgan fingerprint density at radius 1 is 1.20 bits per heavy atom. The molecule has 0 saturated heterocycles. The Morgan fingerprint density at radius 3 is 2.68 bits per heavy atom. The Kier molecular flexibility index (Phi) is 4.68. The molecule has 0 bridgehead atoms. The van der Waals surface area contributed by atoms with Crippen LogP contribution in [-0.4, -0.2) is 25.0 Å². The fourth-order valence-corrected chi connectivity index (χ4v) is 3.29. The van der Waals surface area contributed by atoms with Gasteiger partial charge in [0, 0.05) is 0 Å². The molecule has 0 radical (unpaired) electrons. The molecule has 2 aromatic carbocycles. The predicted octanol–water partition coefficient (Wildman–Crippen LogP) is 3.63. The largest absolute Gasteiger partial charge is 0.423 e. The zero-order valence-electron chi connectivity index (χ0n) is 14.4. The normalized spacial score (nSPS) is 13.3. The maximum atomic E-state index is 12.5. The van der Waals surface area contributed by atoms with Crippen LogP contribution in [0.4, 0.5) is 11.4 Å². The summed E-state index contributed by atoms with van der Waals surface area (Å²) in [5.41, 5.74) is 4.29. The van der Waals surface area contributed by atoms with E-state index in [2.05, 4.69) is 5.32 Å². The van der Waals surface area contributed by atoms with E-state index in [0.29, 0.717) is 16.5 Å². The molecule has 0 saturated carbocycles. The number of hydrogen-bond acceptors (Lipinski definition) is 4. The number of nitrogens with zero attached hydrogens (tertiary/aromatic N) is 1. The van der Waals surface area contributed by atoms with Crippen molar-refractivity contribution in [1.82, 2.24) is 0 Å². The van der Waals surface area contributed by atoms with Crippen LogP contribution in [-0.2, 0) is 9.59 Å². The van der Waals surface area contributed by atoms with Gasteiger partial charge in [-0.2, -0.15) is 0 Å². The van der Waals surface area contributed by atoms with Gasteiger partial charge in [-0.3, -0.25) is 4.79 Å². The van der Waals surface area contributed by atoms with Crippen molar-refractivity contribution in [2.45, 2.75) is 20.8 Å². The fourth-order valence-electron chi connectivity index (χ4n) is 2.92. The quantitative estimate of drug-likeness (QED) is 0.672. The van der Waals surface area contributed by atoms with Crippen LogP contribution in [0.5, 0.6) is 5.75 Å². The van der Waals surface area contributed by atoms with Gasteiger partial charge in [-0.15, -0.1) is 0 Å². The Hall–Kier alpha value is -2.53. The Labute approximate surface area is 151 Å². The fraction of sp³-hybridized carbons (Fsp3) is 0.263. The van der Waals surface area contributed by atoms with E-state index in [1.54, 1.807) is 17.0 Å². The first kappa shape index (κ1) is 17.3. The first-order valence-corrected chi connectivity index (χ1v) is 8.34. The van der Waals surface area contributed by atoms with Gasteiger partial charge in [0.05, 0.1) is 22.9 Å². The van der Waals surface area contributed by atoms with Crippen molar-refractivity contribution in [2.75, 3.05) is 23.3 Å². The highest BCUT2D eigenvalue weighted by atomic mass is 35.5. The molecule has 2 aromatic rings. The van der Waals surface area contributed by atoms with Gasteiger partial charge >= 0.3 is 5.97 Å². The van der Waals surface area contributed by atoms with Gasteiger partial charge in [0.25, 0.3) is 0 Å². The van der Waals surface area contributed by atoms with Crippen molar-refractivity contribution in [3.8, 4) is 5.75 Å². The standard InChI is InChI=1S/C19H19ClN2O3/c1-11-4-5-16-15(8-11)22(10-18(24)25-16)9-17(23)21-19-13(3)6-12(2)7-14(19)20/h4-8H,9-10H2,1-3H3,(H,21,23). The molecule has 5 nitrogen and oxygen atoms in total. The maximum absolute atomic E-state index is 12.5. The van der Waals surface area contributed by atoms with Crippen molar-refractivity contribution < 1.29 is 14.3 Å². The summed E-state index contributed by atoms with van der Waals surface area (Å²) >= 11 is 6.24. The second-order valence-electron chi connectivity index (χ2n) is 6.29. The van der Waals surface area contributed by atoms with Crippen molar-refractivity contribution in [3.05, 3.63) is 52.0 Å². The molecular formula is C19H19ClN2O3. The van der Waals surface area contributed by atoms with E-state index >= 15 is 0 Å². The van der Waals surface area contributed by atoms with Crippen molar-refractivity contribution in [3.63, 3.8) is 0 Å². The minimum atomic E-state index is -0.381. The average molecular weight is 359 g/mol. The third-order valence-electron chi connectivity index (χ3n) is 4.03. The molecule has 0 spiro atoms. The van der Waals surface area contributed by atoms with Crippen LogP contribution >= 0.6 is 11.6 Å². The number of carbonyl (C=O) groups excluding carboxylic acids is 2. The third kappa shape index (κ3) is 3.77.